The van der Waals surface area contributed by atoms with Gasteiger partial charge in [0.2, 0.25) is 5.88 Å². The second kappa shape index (κ2) is 6.60. The van der Waals surface area contributed by atoms with Crippen molar-refractivity contribution >= 4 is 5.97 Å². The minimum Gasteiger partial charge on any atom is -0.477 e. The molecule has 1 N–H and O–H groups in total. The van der Waals surface area contributed by atoms with E-state index in [1.807, 2.05) is 12.1 Å². The number of aromatic nitrogens is 2. The first-order valence-electron chi connectivity index (χ1n) is 6.07. The lowest BCUT2D eigenvalue weighted by atomic mass is 10.1. The van der Waals surface area contributed by atoms with Gasteiger partial charge in [0.1, 0.15) is 11.4 Å². The van der Waals surface area contributed by atoms with Crippen molar-refractivity contribution in [3.63, 3.8) is 0 Å². The summed E-state index contributed by atoms with van der Waals surface area (Å²) >= 11 is 0. The fourth-order valence-corrected chi connectivity index (χ4v) is 1.69. The summed E-state index contributed by atoms with van der Waals surface area (Å²) in [5.41, 5.74) is 0.850. The third-order valence-corrected chi connectivity index (χ3v) is 2.65. The molecule has 6 heteroatoms. The zero-order valence-electron chi connectivity index (χ0n) is 10.6. The summed E-state index contributed by atoms with van der Waals surface area (Å²) < 4.78 is 18.2. The molecule has 0 aliphatic heterocycles. The highest BCUT2D eigenvalue weighted by atomic mass is 19.1. The number of nitrogens with zero attached hydrogens (tertiary/aromatic N) is 2. The molecule has 0 atom stereocenters. The lowest BCUT2D eigenvalue weighted by molar-refractivity contribution is 0.0690. The Bertz CT molecular complexity index is 590. The van der Waals surface area contributed by atoms with Gasteiger partial charge < -0.3 is 9.84 Å². The Balaban J connectivity index is 1.90. The van der Waals surface area contributed by atoms with Crippen LogP contribution >= 0.6 is 0 Å². The first kappa shape index (κ1) is 13.9. The quantitative estimate of drug-likeness (QED) is 0.820. The molecular formula is C14H13FN2O3. The molecule has 5 nitrogen and oxygen atoms in total. The summed E-state index contributed by atoms with van der Waals surface area (Å²) in [4.78, 5) is 18.5. The molecule has 0 spiro atoms. The predicted octanol–water partition coefficient (Wildman–Crippen LogP) is 2.33. The Morgan fingerprint density at radius 3 is 2.80 bits per heavy atom. The molecule has 0 radical (unpaired) electrons. The Hall–Kier alpha value is -2.50. The number of hydrogen-bond donors (Lipinski definition) is 1. The highest BCUT2D eigenvalue weighted by Crippen LogP contribution is 2.16. The molecule has 2 heterocycles. The van der Waals surface area contributed by atoms with Gasteiger partial charge in [0.15, 0.2) is 0 Å². The van der Waals surface area contributed by atoms with Gasteiger partial charge in [0.05, 0.1) is 12.8 Å². The summed E-state index contributed by atoms with van der Waals surface area (Å²) in [5, 5.41) is 8.93. The molecule has 0 aromatic carbocycles. The molecule has 0 fully saturated rings. The van der Waals surface area contributed by atoms with Gasteiger partial charge in [0, 0.05) is 12.4 Å². The van der Waals surface area contributed by atoms with Crippen molar-refractivity contribution in [1.29, 1.82) is 0 Å². The molecule has 2 aromatic heterocycles. The van der Waals surface area contributed by atoms with Crippen LogP contribution in [-0.2, 0) is 6.42 Å². The van der Waals surface area contributed by atoms with E-state index in [2.05, 4.69) is 9.97 Å². The first-order valence-corrected chi connectivity index (χ1v) is 6.07. The van der Waals surface area contributed by atoms with Crippen molar-refractivity contribution in [3.8, 4) is 5.88 Å². The minimum atomic E-state index is -1.26. The van der Waals surface area contributed by atoms with Gasteiger partial charge in [-0.25, -0.2) is 14.2 Å². The number of rotatable bonds is 6. The molecule has 20 heavy (non-hydrogen) atoms. The molecule has 0 amide bonds. The van der Waals surface area contributed by atoms with Crippen molar-refractivity contribution in [2.75, 3.05) is 6.61 Å². The fourth-order valence-electron chi connectivity index (χ4n) is 1.69. The van der Waals surface area contributed by atoms with Crippen molar-refractivity contribution in [2.45, 2.75) is 12.8 Å². The van der Waals surface area contributed by atoms with Gasteiger partial charge in [-0.1, -0.05) is 0 Å². The van der Waals surface area contributed by atoms with Gasteiger partial charge in [-0.2, -0.15) is 0 Å². The maximum Gasteiger partial charge on any atom is 0.341 e. The van der Waals surface area contributed by atoms with Crippen LogP contribution in [0.15, 0.2) is 36.8 Å². The second-order valence-electron chi connectivity index (χ2n) is 4.12. The van der Waals surface area contributed by atoms with Crippen molar-refractivity contribution in [2.24, 2.45) is 0 Å². The SMILES string of the molecule is O=C(O)c1cc(F)cnc1OCCCc1ccncc1. The van der Waals surface area contributed by atoms with E-state index < -0.39 is 11.8 Å². The van der Waals surface area contributed by atoms with Crippen LogP contribution in [0, 0.1) is 5.82 Å². The Morgan fingerprint density at radius 1 is 1.35 bits per heavy atom. The maximum absolute atomic E-state index is 12.9. The third-order valence-electron chi connectivity index (χ3n) is 2.65. The summed E-state index contributed by atoms with van der Waals surface area (Å²) in [6.45, 7) is 0.307. The summed E-state index contributed by atoms with van der Waals surface area (Å²) in [6, 6.07) is 4.70. The van der Waals surface area contributed by atoms with Crippen LogP contribution in [-0.4, -0.2) is 27.7 Å². The average molecular weight is 276 g/mol. The van der Waals surface area contributed by atoms with E-state index in [0.717, 1.165) is 24.2 Å². The lowest BCUT2D eigenvalue weighted by Crippen LogP contribution is -2.07. The molecular weight excluding hydrogens is 263 g/mol. The largest absolute Gasteiger partial charge is 0.477 e. The highest BCUT2D eigenvalue weighted by Gasteiger charge is 2.14. The standard InChI is InChI=1S/C14H13FN2O3/c15-11-8-12(14(18)19)13(17-9-11)20-7-1-2-10-3-5-16-6-4-10/h3-6,8-9H,1-2,7H2,(H,18,19). The number of aromatic carboxylic acids is 1. The van der Waals surface area contributed by atoms with Gasteiger partial charge >= 0.3 is 5.97 Å². The number of aryl methyl sites for hydroxylation is 1. The number of ether oxygens (including phenoxy) is 1. The zero-order chi connectivity index (χ0) is 14.4. The Kier molecular flexibility index (Phi) is 4.60. The maximum atomic E-state index is 12.9. The zero-order valence-corrected chi connectivity index (χ0v) is 10.6. The highest BCUT2D eigenvalue weighted by molar-refractivity contribution is 5.90. The van der Waals surface area contributed by atoms with Crippen molar-refractivity contribution in [3.05, 3.63) is 53.7 Å². The summed E-state index contributed by atoms with van der Waals surface area (Å²) in [7, 11) is 0. The first-order chi connectivity index (χ1) is 9.66. The number of carboxylic acids is 1. The van der Waals surface area contributed by atoms with Gasteiger partial charge in [0.25, 0.3) is 0 Å². The van der Waals surface area contributed by atoms with Gasteiger partial charge in [-0.3, -0.25) is 4.98 Å². The average Bonchev–Trinajstić information content (AvgIpc) is 2.45. The Morgan fingerprint density at radius 2 is 2.10 bits per heavy atom. The molecule has 104 valence electrons. The molecule has 2 rings (SSSR count). The van der Waals surface area contributed by atoms with Crippen LogP contribution in [0.2, 0.25) is 0 Å². The van der Waals surface area contributed by atoms with Crippen molar-refractivity contribution < 1.29 is 19.0 Å². The predicted molar refractivity (Wildman–Crippen MR) is 69.2 cm³/mol. The van der Waals surface area contributed by atoms with Gasteiger partial charge in [-0.05, 0) is 36.6 Å². The van der Waals surface area contributed by atoms with E-state index in [1.54, 1.807) is 12.4 Å². The number of carbonyl (C=O) groups is 1. The van der Waals surface area contributed by atoms with E-state index in [0.29, 0.717) is 13.0 Å². The number of pyridine rings is 2. The normalized spacial score (nSPS) is 10.2. The lowest BCUT2D eigenvalue weighted by Gasteiger charge is -2.07. The van der Waals surface area contributed by atoms with E-state index in [-0.39, 0.29) is 11.4 Å². The van der Waals surface area contributed by atoms with Crippen LogP contribution < -0.4 is 4.74 Å². The van der Waals surface area contributed by atoms with Crippen LogP contribution in [0.25, 0.3) is 0 Å². The molecule has 0 saturated carbocycles. The van der Waals surface area contributed by atoms with E-state index >= 15 is 0 Å². The molecule has 2 aromatic rings. The molecule has 0 unspecified atom stereocenters. The van der Waals surface area contributed by atoms with Crippen LogP contribution in [0.3, 0.4) is 0 Å². The monoisotopic (exact) mass is 276 g/mol. The van der Waals surface area contributed by atoms with Crippen molar-refractivity contribution in [1.82, 2.24) is 9.97 Å². The fraction of sp³-hybridized carbons (Fsp3) is 0.214. The molecule has 0 aliphatic carbocycles. The summed E-state index contributed by atoms with van der Waals surface area (Å²) in [5.74, 6) is -2.03. The molecule has 0 aliphatic rings. The number of carboxylic acid groups (broad SMARTS) is 1. The summed E-state index contributed by atoms with van der Waals surface area (Å²) in [6.07, 6.45) is 5.83. The third kappa shape index (κ3) is 3.74. The van der Waals surface area contributed by atoms with Crippen LogP contribution in [0.4, 0.5) is 4.39 Å². The van der Waals surface area contributed by atoms with E-state index in [9.17, 15) is 9.18 Å². The second-order valence-corrected chi connectivity index (χ2v) is 4.12. The molecule has 0 bridgehead atoms. The Labute approximate surface area is 115 Å². The number of halogens is 1. The molecule has 0 saturated heterocycles. The van der Waals surface area contributed by atoms with Gasteiger partial charge in [-0.15, -0.1) is 0 Å². The number of hydrogen-bond acceptors (Lipinski definition) is 4. The van der Waals surface area contributed by atoms with E-state index in [1.165, 1.54) is 0 Å². The minimum absolute atomic E-state index is 0.0615. The smallest absolute Gasteiger partial charge is 0.341 e. The van der Waals surface area contributed by atoms with Crippen LogP contribution in [0.5, 0.6) is 5.88 Å². The van der Waals surface area contributed by atoms with E-state index in [4.69, 9.17) is 9.84 Å². The van der Waals surface area contributed by atoms with Crippen LogP contribution in [0.1, 0.15) is 22.3 Å². The topological polar surface area (TPSA) is 72.3 Å².